The molecule has 0 saturated heterocycles. The molecule has 0 bridgehead atoms. The highest BCUT2D eigenvalue weighted by Crippen LogP contribution is 2.30. The Labute approximate surface area is 159 Å². The van der Waals surface area contributed by atoms with E-state index in [1.807, 2.05) is 39.7 Å². The second-order valence-electron chi connectivity index (χ2n) is 6.78. The van der Waals surface area contributed by atoms with Gasteiger partial charge in [-0.25, -0.2) is 4.39 Å². The molecule has 0 aromatic heterocycles. The SMILES string of the molecule is C[CH]CC(O)C[S+]([O-])C[CH]c1c(C)cc(C)cc1-c1ccc(F)c(C)c1. The van der Waals surface area contributed by atoms with E-state index < -0.39 is 17.3 Å². The number of aryl methyl sites for hydroxylation is 3. The van der Waals surface area contributed by atoms with E-state index >= 15 is 0 Å². The summed E-state index contributed by atoms with van der Waals surface area (Å²) in [5.74, 6) is 0.445. The molecule has 0 aliphatic heterocycles. The minimum atomic E-state index is -1.12. The molecule has 26 heavy (non-hydrogen) atoms. The van der Waals surface area contributed by atoms with Gasteiger partial charge in [-0.05, 0) is 73.6 Å². The molecule has 0 aliphatic rings. The van der Waals surface area contributed by atoms with Gasteiger partial charge in [-0.15, -0.1) is 0 Å². The van der Waals surface area contributed by atoms with E-state index in [9.17, 15) is 14.0 Å². The molecule has 4 heteroatoms. The Morgan fingerprint density at radius 1 is 1.15 bits per heavy atom. The van der Waals surface area contributed by atoms with E-state index in [0.717, 1.165) is 27.8 Å². The summed E-state index contributed by atoms with van der Waals surface area (Å²) in [5, 5.41) is 9.82. The van der Waals surface area contributed by atoms with Crippen LogP contribution in [0.1, 0.15) is 35.6 Å². The van der Waals surface area contributed by atoms with Crippen molar-refractivity contribution in [3.8, 4) is 11.1 Å². The van der Waals surface area contributed by atoms with Crippen molar-refractivity contribution in [3.63, 3.8) is 0 Å². The fourth-order valence-corrected chi connectivity index (χ4v) is 4.15. The van der Waals surface area contributed by atoms with Crippen LogP contribution in [0.5, 0.6) is 0 Å². The molecule has 2 aromatic carbocycles. The van der Waals surface area contributed by atoms with Gasteiger partial charge in [0.2, 0.25) is 0 Å². The fourth-order valence-electron chi connectivity index (χ4n) is 3.10. The molecule has 0 amide bonds. The van der Waals surface area contributed by atoms with Crippen molar-refractivity contribution in [2.75, 3.05) is 11.5 Å². The Morgan fingerprint density at radius 2 is 1.88 bits per heavy atom. The lowest BCUT2D eigenvalue weighted by molar-refractivity contribution is 0.196. The zero-order chi connectivity index (χ0) is 19.3. The van der Waals surface area contributed by atoms with Crippen molar-refractivity contribution in [2.24, 2.45) is 0 Å². The van der Waals surface area contributed by atoms with Crippen molar-refractivity contribution < 1.29 is 14.0 Å². The normalized spacial score (nSPS) is 13.7. The van der Waals surface area contributed by atoms with Crippen molar-refractivity contribution in [1.82, 2.24) is 0 Å². The van der Waals surface area contributed by atoms with Gasteiger partial charge < -0.3 is 9.66 Å². The number of aliphatic hydroxyl groups excluding tert-OH is 1. The molecule has 2 unspecified atom stereocenters. The molecule has 0 fully saturated rings. The number of aliphatic hydroxyl groups is 1. The molecule has 140 valence electrons. The third-order valence-electron chi connectivity index (χ3n) is 4.36. The third-order valence-corrected chi connectivity index (χ3v) is 5.65. The first-order chi connectivity index (χ1) is 12.3. The quantitative estimate of drug-likeness (QED) is 0.681. The summed E-state index contributed by atoms with van der Waals surface area (Å²) in [4.78, 5) is 0. The Bertz CT molecular complexity index is 745. The second kappa shape index (κ2) is 9.54. The first-order valence-electron chi connectivity index (χ1n) is 8.83. The van der Waals surface area contributed by atoms with E-state index in [4.69, 9.17) is 0 Å². The van der Waals surface area contributed by atoms with Gasteiger partial charge >= 0.3 is 0 Å². The minimum absolute atomic E-state index is 0.216. The zero-order valence-electron chi connectivity index (χ0n) is 15.9. The lowest BCUT2D eigenvalue weighted by atomic mass is 9.91. The lowest BCUT2D eigenvalue weighted by Crippen LogP contribution is -2.23. The van der Waals surface area contributed by atoms with Gasteiger partial charge in [-0.2, -0.15) is 0 Å². The van der Waals surface area contributed by atoms with Crippen molar-refractivity contribution >= 4 is 11.2 Å². The summed E-state index contributed by atoms with van der Waals surface area (Å²) >= 11 is -1.12. The number of rotatable bonds is 8. The van der Waals surface area contributed by atoms with Crippen LogP contribution in [-0.2, 0) is 11.2 Å². The van der Waals surface area contributed by atoms with Gasteiger partial charge in [-0.3, -0.25) is 0 Å². The molecule has 2 rings (SSSR count). The molecule has 1 N–H and O–H groups in total. The standard InChI is InChI=1S/C22H27FO2S/c1-5-6-19(24)14-26(25)10-9-20-16(3)11-15(2)12-21(20)18-7-8-22(23)17(4)13-18/h5,7-9,11-13,19,24H,6,10,14H2,1-4H3. The van der Waals surface area contributed by atoms with Crippen LogP contribution in [0.2, 0.25) is 0 Å². The number of benzene rings is 2. The zero-order valence-corrected chi connectivity index (χ0v) is 16.7. The summed E-state index contributed by atoms with van der Waals surface area (Å²) in [7, 11) is 0. The van der Waals surface area contributed by atoms with Gasteiger partial charge in [0.05, 0.1) is 6.10 Å². The molecule has 0 heterocycles. The van der Waals surface area contributed by atoms with Crippen LogP contribution < -0.4 is 0 Å². The molecular weight excluding hydrogens is 347 g/mol. The van der Waals surface area contributed by atoms with Gasteiger partial charge in [0.15, 0.2) is 0 Å². The fraction of sp³-hybridized carbons (Fsp3) is 0.364. The Hall–Kier alpha value is -1.36. The van der Waals surface area contributed by atoms with Crippen LogP contribution in [0, 0.1) is 39.4 Å². The summed E-state index contributed by atoms with van der Waals surface area (Å²) in [6, 6.07) is 9.29. The predicted molar refractivity (Wildman–Crippen MR) is 108 cm³/mol. The minimum Gasteiger partial charge on any atom is -0.616 e. The molecular formula is C22H27FO2S. The Morgan fingerprint density at radius 3 is 2.54 bits per heavy atom. The van der Waals surface area contributed by atoms with Crippen LogP contribution >= 0.6 is 0 Å². The summed E-state index contributed by atoms with van der Waals surface area (Å²) < 4.78 is 25.9. The van der Waals surface area contributed by atoms with Crippen molar-refractivity contribution in [1.29, 1.82) is 0 Å². The summed E-state index contributed by atoms with van der Waals surface area (Å²) in [6.07, 6.45) is 3.84. The van der Waals surface area contributed by atoms with Gasteiger partial charge in [-0.1, -0.05) is 41.9 Å². The first kappa shape index (κ1) is 20.9. The Kier molecular flexibility index (Phi) is 7.69. The summed E-state index contributed by atoms with van der Waals surface area (Å²) in [5.41, 5.74) is 5.83. The number of halogens is 1. The van der Waals surface area contributed by atoms with Crippen LogP contribution in [0.3, 0.4) is 0 Å². The molecule has 2 nitrogen and oxygen atoms in total. The topological polar surface area (TPSA) is 43.3 Å². The predicted octanol–water partition coefficient (Wildman–Crippen LogP) is 4.69. The highest BCUT2D eigenvalue weighted by atomic mass is 32.2. The maximum atomic E-state index is 13.6. The maximum absolute atomic E-state index is 13.6. The Balaban J connectivity index is 2.23. The molecule has 0 saturated carbocycles. The maximum Gasteiger partial charge on any atom is 0.131 e. The van der Waals surface area contributed by atoms with Gasteiger partial charge in [0.1, 0.15) is 17.3 Å². The van der Waals surface area contributed by atoms with Crippen LogP contribution in [0.15, 0.2) is 30.3 Å². The van der Waals surface area contributed by atoms with E-state index in [-0.39, 0.29) is 11.6 Å². The van der Waals surface area contributed by atoms with Gasteiger partial charge in [0, 0.05) is 6.42 Å². The third kappa shape index (κ3) is 5.57. The first-order valence-corrected chi connectivity index (χ1v) is 10.3. The van der Waals surface area contributed by atoms with Crippen molar-refractivity contribution in [2.45, 2.75) is 40.2 Å². The van der Waals surface area contributed by atoms with E-state index in [0.29, 0.717) is 17.7 Å². The largest absolute Gasteiger partial charge is 0.616 e. The smallest absolute Gasteiger partial charge is 0.131 e. The number of hydrogen-bond acceptors (Lipinski definition) is 2. The van der Waals surface area contributed by atoms with Crippen LogP contribution in [0.4, 0.5) is 4.39 Å². The average Bonchev–Trinajstić information content (AvgIpc) is 2.56. The molecule has 2 radical (unpaired) electrons. The summed E-state index contributed by atoms with van der Waals surface area (Å²) in [6.45, 7) is 7.70. The van der Waals surface area contributed by atoms with Crippen LogP contribution in [0.25, 0.3) is 11.1 Å². The van der Waals surface area contributed by atoms with E-state index in [1.165, 1.54) is 6.07 Å². The van der Waals surface area contributed by atoms with E-state index in [2.05, 4.69) is 12.1 Å². The highest BCUT2D eigenvalue weighted by molar-refractivity contribution is 7.91. The molecule has 0 aliphatic carbocycles. The molecule has 2 atom stereocenters. The van der Waals surface area contributed by atoms with E-state index in [1.54, 1.807) is 13.0 Å². The lowest BCUT2D eigenvalue weighted by Gasteiger charge is -2.18. The average molecular weight is 375 g/mol. The molecule has 0 spiro atoms. The second-order valence-corrected chi connectivity index (χ2v) is 8.33. The van der Waals surface area contributed by atoms with Crippen LogP contribution in [-0.4, -0.2) is 27.3 Å². The van der Waals surface area contributed by atoms with Crippen molar-refractivity contribution in [3.05, 3.63) is 71.2 Å². The van der Waals surface area contributed by atoms with Gasteiger partial charge in [0.25, 0.3) is 0 Å². The molecule has 2 aromatic rings. The monoisotopic (exact) mass is 374 g/mol. The highest BCUT2D eigenvalue weighted by Gasteiger charge is 2.17. The number of hydrogen-bond donors (Lipinski definition) is 1.